The summed E-state index contributed by atoms with van der Waals surface area (Å²) in [5.74, 6) is -0.152. The van der Waals surface area contributed by atoms with Gasteiger partial charge in [0.05, 0.1) is 0 Å². The van der Waals surface area contributed by atoms with Crippen LogP contribution in [0.2, 0.25) is 0 Å². The summed E-state index contributed by atoms with van der Waals surface area (Å²) in [5, 5.41) is 7.67. The fourth-order valence-corrected chi connectivity index (χ4v) is 5.71. The Morgan fingerprint density at radius 2 is 1.32 bits per heavy atom. The minimum absolute atomic E-state index is 0.0217. The largest absolute Gasteiger partial charge is 0.375 e. The molecule has 0 saturated heterocycles. The monoisotopic (exact) mass is 430 g/mol. The van der Waals surface area contributed by atoms with Gasteiger partial charge in [-0.15, -0.1) is 0 Å². The number of hydrazine groups is 1. The maximum absolute atomic E-state index is 13.3. The molecule has 0 spiro atoms. The SMILES string of the molecule is NC1N=C(c2ccccc2)N(P(=O)(NC=O)NC=O)N1P(=O)(NC=O)NC=O. The first kappa shape index (κ1) is 21.3. The molecule has 1 aromatic rings. The van der Waals surface area contributed by atoms with Gasteiger partial charge in [0.2, 0.25) is 25.6 Å². The zero-order valence-electron chi connectivity index (χ0n) is 14.0. The molecule has 2 rings (SSSR count). The van der Waals surface area contributed by atoms with E-state index < -0.39 is 21.5 Å². The van der Waals surface area contributed by atoms with Crippen LogP contribution in [0.15, 0.2) is 35.3 Å². The number of nitrogens with two attached hydrogens (primary N) is 1. The molecule has 0 fully saturated rings. The number of aliphatic imine (C=N–C) groups is 1. The van der Waals surface area contributed by atoms with Crippen LogP contribution in [0.4, 0.5) is 0 Å². The molecular weight excluding hydrogens is 414 g/mol. The smallest absolute Gasteiger partial charge is 0.295 e. The molecule has 1 unspecified atom stereocenters. The van der Waals surface area contributed by atoms with Gasteiger partial charge in [0, 0.05) is 5.56 Å². The fourth-order valence-electron chi connectivity index (χ4n) is 2.35. The number of carbonyl (C=O) groups excluding carboxylic acids is 4. The van der Waals surface area contributed by atoms with Crippen LogP contribution in [0.3, 0.4) is 0 Å². The summed E-state index contributed by atoms with van der Waals surface area (Å²) < 4.78 is 27.8. The van der Waals surface area contributed by atoms with Gasteiger partial charge in [-0.2, -0.15) is 4.78 Å². The number of hydrogen-bond donors (Lipinski definition) is 5. The molecule has 6 N–H and O–H groups in total. The molecule has 0 radical (unpaired) electrons. The van der Waals surface area contributed by atoms with Gasteiger partial charge in [0.25, 0.3) is 0 Å². The average Bonchev–Trinajstić information content (AvgIpc) is 3.02. The van der Waals surface area contributed by atoms with Gasteiger partial charge >= 0.3 is 15.2 Å². The summed E-state index contributed by atoms with van der Waals surface area (Å²) in [6.45, 7) is 0. The molecule has 4 amide bonds. The first-order valence-electron chi connectivity index (χ1n) is 7.41. The molecule has 0 bridgehead atoms. The first-order chi connectivity index (χ1) is 13.4. The van der Waals surface area contributed by atoms with Crippen molar-refractivity contribution < 1.29 is 28.3 Å². The standard InChI is InChI=1S/C12H16N8O6P2/c13-12-18-11(10-4-2-1-3-5-10)19(27(25,14-6-21)15-7-22)20(12)28(26,16-8-23)17-9-24/h1-9,12H,13H2,(H2,14,15,21,22,25)(H2,16,17,23,24,26). The number of benzene rings is 1. The van der Waals surface area contributed by atoms with E-state index in [1.807, 2.05) is 20.3 Å². The molecule has 0 aromatic heterocycles. The molecule has 1 aromatic carbocycles. The Morgan fingerprint density at radius 1 is 0.857 bits per heavy atom. The summed E-state index contributed by atoms with van der Waals surface area (Å²) >= 11 is 0. The van der Waals surface area contributed by atoms with Crippen LogP contribution in [-0.2, 0) is 28.3 Å². The third-order valence-electron chi connectivity index (χ3n) is 3.37. The predicted molar refractivity (Wildman–Crippen MR) is 96.6 cm³/mol. The summed E-state index contributed by atoms with van der Waals surface area (Å²) in [4.78, 5) is 48.0. The second-order valence-corrected chi connectivity index (χ2v) is 9.11. The molecule has 1 heterocycles. The molecule has 1 aliphatic rings. The zero-order valence-corrected chi connectivity index (χ0v) is 15.8. The van der Waals surface area contributed by atoms with Gasteiger partial charge in [0.1, 0.15) is 0 Å². The lowest BCUT2D eigenvalue weighted by Gasteiger charge is -2.39. The second kappa shape index (κ2) is 8.76. The Balaban J connectivity index is 2.70. The molecule has 28 heavy (non-hydrogen) atoms. The Labute approximate surface area is 158 Å². The molecule has 1 atom stereocenters. The van der Waals surface area contributed by atoms with E-state index >= 15 is 0 Å². The van der Waals surface area contributed by atoms with Crippen molar-refractivity contribution in [2.24, 2.45) is 10.7 Å². The minimum atomic E-state index is -4.40. The summed E-state index contributed by atoms with van der Waals surface area (Å²) in [6.07, 6.45) is -1.40. The Morgan fingerprint density at radius 3 is 1.79 bits per heavy atom. The number of amidine groups is 1. The number of rotatable bonds is 11. The molecule has 150 valence electrons. The lowest BCUT2D eigenvalue weighted by molar-refractivity contribution is -0.110. The molecule has 14 nitrogen and oxygen atoms in total. The van der Waals surface area contributed by atoms with E-state index in [-0.39, 0.29) is 31.5 Å². The zero-order chi connectivity index (χ0) is 20.8. The van der Waals surface area contributed by atoms with Crippen molar-refractivity contribution in [3.05, 3.63) is 35.9 Å². The number of hydrogen-bond acceptors (Lipinski definition) is 8. The van der Waals surface area contributed by atoms with Gasteiger partial charge < -0.3 is 0 Å². The van der Waals surface area contributed by atoms with Crippen molar-refractivity contribution >= 4 is 46.7 Å². The topological polar surface area (TPSA) is 195 Å². The maximum Gasteiger partial charge on any atom is 0.375 e. The van der Waals surface area contributed by atoms with E-state index in [0.29, 0.717) is 15.1 Å². The van der Waals surface area contributed by atoms with Crippen molar-refractivity contribution in [1.29, 1.82) is 0 Å². The Kier molecular flexibility index (Phi) is 6.65. The van der Waals surface area contributed by atoms with Crippen LogP contribution in [0.25, 0.3) is 0 Å². The van der Waals surface area contributed by atoms with Crippen molar-refractivity contribution in [3.63, 3.8) is 0 Å². The van der Waals surface area contributed by atoms with Crippen LogP contribution < -0.4 is 26.1 Å². The van der Waals surface area contributed by atoms with Crippen LogP contribution in [0.5, 0.6) is 0 Å². The summed E-state index contributed by atoms with van der Waals surface area (Å²) in [5.41, 5.74) is 6.22. The Hall–Kier alpha value is -3.05. The highest BCUT2D eigenvalue weighted by atomic mass is 31.2. The molecule has 0 aliphatic carbocycles. The summed E-state index contributed by atoms with van der Waals surface area (Å²) in [6, 6.07) is 7.99. The lowest BCUT2D eigenvalue weighted by Crippen LogP contribution is -2.52. The van der Waals surface area contributed by atoms with Gasteiger partial charge in [-0.05, 0) is 0 Å². The van der Waals surface area contributed by atoms with Crippen molar-refractivity contribution in [2.75, 3.05) is 0 Å². The average molecular weight is 430 g/mol. The van der Waals surface area contributed by atoms with Crippen LogP contribution >= 0.6 is 15.2 Å². The molecule has 0 saturated carbocycles. The number of nitrogens with zero attached hydrogens (tertiary/aromatic N) is 3. The van der Waals surface area contributed by atoms with E-state index in [2.05, 4.69) is 4.99 Å². The van der Waals surface area contributed by atoms with E-state index in [1.165, 1.54) is 0 Å². The number of nitrogens with one attached hydrogen (secondary N) is 4. The fraction of sp³-hybridized carbons (Fsp3) is 0.0833. The van der Waals surface area contributed by atoms with Crippen LogP contribution in [0, 0.1) is 0 Å². The van der Waals surface area contributed by atoms with E-state index in [9.17, 15) is 28.3 Å². The maximum atomic E-state index is 13.3. The first-order valence-corrected chi connectivity index (χ1v) is 10.7. The van der Waals surface area contributed by atoms with Gasteiger partial charge in [0.15, 0.2) is 12.1 Å². The van der Waals surface area contributed by atoms with Gasteiger partial charge in [-0.1, -0.05) is 35.1 Å². The second-order valence-electron chi connectivity index (χ2n) is 4.98. The third kappa shape index (κ3) is 3.94. The minimum Gasteiger partial charge on any atom is -0.295 e. The van der Waals surface area contributed by atoms with Crippen LogP contribution in [-0.4, -0.2) is 47.3 Å². The Bertz CT molecular complexity index is 852. The quantitative estimate of drug-likeness (QED) is 0.203. The molecule has 1 aliphatic heterocycles. The van der Waals surface area contributed by atoms with Crippen molar-refractivity contribution in [1.82, 2.24) is 29.9 Å². The van der Waals surface area contributed by atoms with E-state index in [0.717, 1.165) is 0 Å². The van der Waals surface area contributed by atoms with Crippen LogP contribution in [0.1, 0.15) is 5.56 Å². The van der Waals surface area contributed by atoms with Crippen molar-refractivity contribution in [3.8, 4) is 0 Å². The van der Waals surface area contributed by atoms with Gasteiger partial charge in [-0.25, -0.2) is 9.56 Å². The van der Waals surface area contributed by atoms with E-state index in [4.69, 9.17) is 5.73 Å². The molecular formula is C12H16N8O6P2. The highest BCUT2D eigenvalue weighted by Gasteiger charge is 2.52. The predicted octanol–water partition coefficient (Wildman–Crippen LogP) is -1.59. The number of carbonyl (C=O) groups is 4. The normalized spacial score (nSPS) is 17.2. The van der Waals surface area contributed by atoms with Gasteiger partial charge in [-0.3, -0.25) is 49.8 Å². The third-order valence-corrected chi connectivity index (χ3v) is 7.24. The van der Waals surface area contributed by atoms with Crippen molar-refractivity contribution in [2.45, 2.75) is 6.29 Å². The number of amides is 4. The molecule has 16 heteroatoms. The summed E-state index contributed by atoms with van der Waals surface area (Å²) in [7, 11) is -8.78. The highest BCUT2D eigenvalue weighted by molar-refractivity contribution is 7.62. The lowest BCUT2D eigenvalue weighted by atomic mass is 10.2. The van der Waals surface area contributed by atoms with E-state index in [1.54, 1.807) is 30.3 Å². The highest BCUT2D eigenvalue weighted by Crippen LogP contribution is 2.54.